The number of aromatic nitrogens is 5. The molecule has 0 aromatic carbocycles. The van der Waals surface area contributed by atoms with E-state index >= 15 is 0 Å². The van der Waals surface area contributed by atoms with Crippen LogP contribution in [0.25, 0.3) is 0 Å². The number of esters is 3. The van der Waals surface area contributed by atoms with Crippen LogP contribution in [-0.4, -0.2) is 79.4 Å². The summed E-state index contributed by atoms with van der Waals surface area (Å²) in [4.78, 5) is 72.5. The number of ether oxygens (including phenoxy) is 4. The van der Waals surface area contributed by atoms with E-state index in [1.165, 1.54) is 43.0 Å². The smallest absolute Gasteiger partial charge is 0.339 e. The summed E-state index contributed by atoms with van der Waals surface area (Å²) >= 11 is 0. The first kappa shape index (κ1) is 27.0. The van der Waals surface area contributed by atoms with Gasteiger partial charge < -0.3 is 18.9 Å². The van der Waals surface area contributed by atoms with Crippen molar-refractivity contribution in [3.05, 3.63) is 72.3 Å². The molecule has 39 heavy (non-hydrogen) atoms. The maximum atomic E-state index is 12.6. The van der Waals surface area contributed by atoms with Gasteiger partial charge in [-0.25, -0.2) is 14.5 Å². The first-order valence-corrected chi connectivity index (χ1v) is 11.5. The lowest BCUT2D eigenvalue weighted by molar-refractivity contribution is -0.166. The molecule has 0 unspecified atom stereocenters. The zero-order chi connectivity index (χ0) is 27.9. The molecule has 3 aromatic rings. The van der Waals surface area contributed by atoms with E-state index in [0.717, 1.165) is 24.9 Å². The number of pyridine rings is 2. The van der Waals surface area contributed by atoms with Gasteiger partial charge in [-0.15, -0.1) is 5.10 Å². The van der Waals surface area contributed by atoms with Crippen LogP contribution in [0.15, 0.2) is 55.4 Å². The topological polar surface area (TPSA) is 191 Å². The van der Waals surface area contributed by atoms with Crippen LogP contribution >= 0.6 is 0 Å². The molecule has 0 aliphatic carbocycles. The van der Waals surface area contributed by atoms with Crippen LogP contribution in [-0.2, 0) is 28.5 Å². The molecule has 4 atom stereocenters. The van der Waals surface area contributed by atoms with Crippen LogP contribution < -0.4 is 5.32 Å². The van der Waals surface area contributed by atoms with Crippen molar-refractivity contribution in [2.75, 3.05) is 6.61 Å². The second kappa shape index (κ2) is 12.0. The van der Waals surface area contributed by atoms with Crippen LogP contribution in [0, 0.1) is 0 Å². The van der Waals surface area contributed by atoms with Crippen molar-refractivity contribution in [2.45, 2.75) is 38.4 Å². The molecule has 4 rings (SSSR count). The Morgan fingerprint density at radius 1 is 0.923 bits per heavy atom. The van der Waals surface area contributed by atoms with E-state index in [-0.39, 0.29) is 17.7 Å². The van der Waals surface area contributed by atoms with Crippen molar-refractivity contribution >= 4 is 29.7 Å². The van der Waals surface area contributed by atoms with Crippen molar-refractivity contribution in [2.24, 2.45) is 0 Å². The molecule has 202 valence electrons. The maximum Gasteiger partial charge on any atom is 0.339 e. The first-order chi connectivity index (χ1) is 18.7. The number of carbonyl (C=O) groups excluding carboxylic acids is 5. The van der Waals surface area contributed by atoms with E-state index in [9.17, 15) is 24.0 Å². The fourth-order valence-corrected chi connectivity index (χ4v) is 3.66. The minimum absolute atomic E-state index is 0.146. The van der Waals surface area contributed by atoms with E-state index in [0.29, 0.717) is 0 Å². The van der Waals surface area contributed by atoms with Gasteiger partial charge in [0.1, 0.15) is 19.0 Å². The summed E-state index contributed by atoms with van der Waals surface area (Å²) in [5.74, 6) is -4.17. The molecule has 0 bridgehead atoms. The SMILES string of the molecule is CC(=O)O[C@@H]1[C@H](OC(C)=O)[C@@H](COC(=O)c2cccnc2)O[C@H]1n1cnc(C(=O)NC(=O)c2cccnc2)n1. The Morgan fingerprint density at radius 2 is 1.56 bits per heavy atom. The van der Waals surface area contributed by atoms with E-state index in [1.54, 1.807) is 6.07 Å². The maximum absolute atomic E-state index is 12.6. The summed E-state index contributed by atoms with van der Waals surface area (Å²) in [6.45, 7) is 1.90. The van der Waals surface area contributed by atoms with Gasteiger partial charge in [0, 0.05) is 38.6 Å². The lowest BCUT2D eigenvalue weighted by Gasteiger charge is -2.23. The Morgan fingerprint density at radius 3 is 2.18 bits per heavy atom. The molecule has 15 heteroatoms. The number of nitrogens with one attached hydrogen (secondary N) is 1. The van der Waals surface area contributed by atoms with Gasteiger partial charge in [-0.05, 0) is 24.3 Å². The third-order valence-corrected chi connectivity index (χ3v) is 5.29. The molecular weight excluding hydrogens is 516 g/mol. The van der Waals surface area contributed by atoms with Gasteiger partial charge in [0.25, 0.3) is 11.8 Å². The Hall–Kier alpha value is -5.05. The van der Waals surface area contributed by atoms with Gasteiger partial charge in [0.05, 0.1) is 11.1 Å². The van der Waals surface area contributed by atoms with Crippen LogP contribution in [0.2, 0.25) is 0 Å². The molecule has 1 fully saturated rings. The predicted molar refractivity (Wildman–Crippen MR) is 126 cm³/mol. The van der Waals surface area contributed by atoms with Crippen molar-refractivity contribution in [1.29, 1.82) is 0 Å². The molecule has 1 N–H and O–H groups in total. The average Bonchev–Trinajstić information content (AvgIpc) is 3.53. The minimum Gasteiger partial charge on any atom is -0.459 e. The van der Waals surface area contributed by atoms with Crippen LogP contribution in [0.4, 0.5) is 0 Å². The lowest BCUT2D eigenvalue weighted by Crippen LogP contribution is -2.40. The normalized spacial score (nSPS) is 20.1. The zero-order valence-corrected chi connectivity index (χ0v) is 20.6. The second-order valence-electron chi connectivity index (χ2n) is 8.13. The van der Waals surface area contributed by atoms with E-state index in [4.69, 9.17) is 18.9 Å². The summed E-state index contributed by atoms with van der Waals surface area (Å²) < 4.78 is 23.0. The number of amides is 2. The van der Waals surface area contributed by atoms with Gasteiger partial charge in [-0.2, -0.15) is 0 Å². The van der Waals surface area contributed by atoms with Crippen LogP contribution in [0.1, 0.15) is 51.4 Å². The highest BCUT2D eigenvalue weighted by Gasteiger charge is 2.51. The summed E-state index contributed by atoms with van der Waals surface area (Å²) in [5, 5.41) is 6.18. The fourth-order valence-electron chi connectivity index (χ4n) is 3.66. The summed E-state index contributed by atoms with van der Waals surface area (Å²) in [7, 11) is 0. The van der Waals surface area contributed by atoms with Gasteiger partial charge in [0.15, 0.2) is 18.4 Å². The van der Waals surface area contributed by atoms with Crippen LogP contribution in [0.3, 0.4) is 0 Å². The van der Waals surface area contributed by atoms with E-state index in [1.807, 2.05) is 0 Å². The highest BCUT2D eigenvalue weighted by atomic mass is 16.7. The first-order valence-electron chi connectivity index (χ1n) is 11.5. The zero-order valence-electron chi connectivity index (χ0n) is 20.6. The van der Waals surface area contributed by atoms with Crippen molar-refractivity contribution in [1.82, 2.24) is 30.0 Å². The number of imide groups is 1. The molecule has 0 saturated carbocycles. The van der Waals surface area contributed by atoms with Crippen molar-refractivity contribution < 1.29 is 42.9 Å². The summed E-state index contributed by atoms with van der Waals surface area (Å²) in [6.07, 6.45) is 1.89. The monoisotopic (exact) mass is 538 g/mol. The number of carbonyl (C=O) groups is 5. The number of nitrogens with zero attached hydrogens (tertiary/aromatic N) is 5. The molecule has 15 nitrogen and oxygen atoms in total. The molecule has 1 aliphatic rings. The molecule has 1 aliphatic heterocycles. The van der Waals surface area contributed by atoms with E-state index in [2.05, 4.69) is 25.4 Å². The highest BCUT2D eigenvalue weighted by Crippen LogP contribution is 2.34. The molecule has 0 spiro atoms. The fraction of sp³-hybridized carbons (Fsp3) is 0.292. The molecule has 0 radical (unpaired) electrons. The molecule has 1 saturated heterocycles. The Labute approximate surface area is 220 Å². The third kappa shape index (κ3) is 6.64. The molecule has 3 aromatic heterocycles. The third-order valence-electron chi connectivity index (χ3n) is 5.29. The highest BCUT2D eigenvalue weighted by molar-refractivity contribution is 6.08. The standard InChI is InChI=1S/C24H22N6O9/c1-13(31)37-18-17(11-36-24(35)16-6-4-8-26-10-16)39-23(19(18)38-14(2)32)30-12-27-20(29-30)22(34)28-21(33)15-5-3-7-25-9-15/h3-10,12,17-19,23H,11H2,1-2H3,(H,28,33,34)/t17-,18-,19-,23-/m1/s1. The Bertz CT molecular complexity index is 1360. The molecular formula is C24H22N6O9. The van der Waals surface area contributed by atoms with Gasteiger partial charge >= 0.3 is 17.9 Å². The Balaban J connectivity index is 1.52. The Kier molecular flexibility index (Phi) is 8.30. The number of rotatable bonds is 8. The molecule has 2 amide bonds. The summed E-state index contributed by atoms with van der Waals surface area (Å²) in [6, 6.07) is 6.05. The van der Waals surface area contributed by atoms with Crippen molar-refractivity contribution in [3.8, 4) is 0 Å². The lowest BCUT2D eigenvalue weighted by atomic mass is 10.1. The number of hydrogen-bond acceptors (Lipinski definition) is 13. The average molecular weight is 538 g/mol. The largest absolute Gasteiger partial charge is 0.459 e. The molecule has 4 heterocycles. The van der Waals surface area contributed by atoms with Crippen LogP contribution in [0.5, 0.6) is 0 Å². The van der Waals surface area contributed by atoms with E-state index < -0.39 is 60.1 Å². The predicted octanol–water partition coefficient (Wildman–Crippen LogP) is 0.256. The van der Waals surface area contributed by atoms with Gasteiger partial charge in [-0.3, -0.25) is 34.5 Å². The second-order valence-corrected chi connectivity index (χ2v) is 8.13. The van der Waals surface area contributed by atoms with Crippen molar-refractivity contribution in [3.63, 3.8) is 0 Å². The number of hydrogen-bond donors (Lipinski definition) is 1. The van der Waals surface area contributed by atoms with Gasteiger partial charge in [0.2, 0.25) is 5.82 Å². The summed E-state index contributed by atoms with van der Waals surface area (Å²) in [5.41, 5.74) is 0.326. The van der Waals surface area contributed by atoms with Gasteiger partial charge in [-0.1, -0.05) is 0 Å². The quantitative estimate of drug-likeness (QED) is 0.233. The minimum atomic E-state index is -1.25.